The summed E-state index contributed by atoms with van der Waals surface area (Å²) in [5.74, 6) is 0.0858. The van der Waals surface area contributed by atoms with Crippen LogP contribution >= 0.6 is 45.8 Å². The second kappa shape index (κ2) is 4.70. The van der Waals surface area contributed by atoms with Gasteiger partial charge in [-0.2, -0.15) is 0 Å². The standard InChI is InChI=1S/C7H4Cl2F2IN/c8-2-3-1-4(6(10)11)7(12)13-5(3)9/h1,6H,2H2. The average molecular weight is 338 g/mol. The largest absolute Gasteiger partial charge is 0.266 e. The smallest absolute Gasteiger partial charge is 0.229 e. The Bertz CT molecular complexity index is 320. The third-order valence-electron chi connectivity index (χ3n) is 1.41. The molecule has 1 heterocycles. The lowest BCUT2D eigenvalue weighted by Gasteiger charge is -2.05. The Morgan fingerprint density at radius 2 is 2.15 bits per heavy atom. The van der Waals surface area contributed by atoms with Gasteiger partial charge in [-0.05, 0) is 28.7 Å². The van der Waals surface area contributed by atoms with Gasteiger partial charge in [-0.25, -0.2) is 13.8 Å². The predicted molar refractivity (Wildman–Crippen MR) is 56.5 cm³/mol. The van der Waals surface area contributed by atoms with Crippen LogP contribution < -0.4 is 0 Å². The number of rotatable bonds is 2. The number of halogens is 5. The van der Waals surface area contributed by atoms with Crippen LogP contribution in [0.2, 0.25) is 5.15 Å². The van der Waals surface area contributed by atoms with Gasteiger partial charge in [0.05, 0.1) is 11.4 Å². The maximum absolute atomic E-state index is 12.3. The predicted octanol–water partition coefficient (Wildman–Crippen LogP) is 4.02. The highest BCUT2D eigenvalue weighted by molar-refractivity contribution is 14.1. The van der Waals surface area contributed by atoms with Crippen molar-refractivity contribution in [3.63, 3.8) is 0 Å². The number of hydrogen-bond donors (Lipinski definition) is 0. The third-order valence-corrected chi connectivity index (χ3v) is 2.89. The van der Waals surface area contributed by atoms with E-state index >= 15 is 0 Å². The Morgan fingerprint density at radius 3 is 2.62 bits per heavy atom. The van der Waals surface area contributed by atoms with Crippen molar-refractivity contribution in [3.05, 3.63) is 26.0 Å². The number of hydrogen-bond acceptors (Lipinski definition) is 1. The van der Waals surface area contributed by atoms with Crippen molar-refractivity contribution in [2.75, 3.05) is 0 Å². The maximum atomic E-state index is 12.3. The van der Waals surface area contributed by atoms with Gasteiger partial charge in [0, 0.05) is 5.56 Å². The van der Waals surface area contributed by atoms with Gasteiger partial charge >= 0.3 is 0 Å². The maximum Gasteiger partial charge on any atom is 0.266 e. The van der Waals surface area contributed by atoms with E-state index in [0.29, 0.717) is 5.56 Å². The number of aromatic nitrogens is 1. The molecule has 0 spiro atoms. The van der Waals surface area contributed by atoms with Crippen molar-refractivity contribution < 1.29 is 8.78 Å². The van der Waals surface area contributed by atoms with Crippen molar-refractivity contribution in [1.29, 1.82) is 0 Å². The molecule has 0 aliphatic rings. The van der Waals surface area contributed by atoms with Crippen molar-refractivity contribution in [1.82, 2.24) is 4.98 Å². The zero-order chi connectivity index (χ0) is 10.0. The summed E-state index contributed by atoms with van der Waals surface area (Å²) in [4.78, 5) is 3.75. The summed E-state index contributed by atoms with van der Waals surface area (Å²) < 4.78 is 24.9. The van der Waals surface area contributed by atoms with Crippen LogP contribution in [-0.2, 0) is 5.88 Å². The minimum absolute atomic E-state index is 0.0858. The highest BCUT2D eigenvalue weighted by Crippen LogP contribution is 2.27. The number of pyridine rings is 1. The zero-order valence-corrected chi connectivity index (χ0v) is 9.87. The van der Waals surface area contributed by atoms with Crippen LogP contribution in [0.1, 0.15) is 17.6 Å². The Kier molecular flexibility index (Phi) is 4.12. The molecule has 72 valence electrons. The van der Waals surface area contributed by atoms with Gasteiger partial charge in [0.1, 0.15) is 8.85 Å². The van der Waals surface area contributed by atoms with Gasteiger partial charge < -0.3 is 0 Å². The molecule has 0 amide bonds. The third kappa shape index (κ3) is 2.63. The molecule has 0 aliphatic heterocycles. The highest BCUT2D eigenvalue weighted by Gasteiger charge is 2.15. The molecular weight excluding hydrogens is 334 g/mol. The average Bonchev–Trinajstić information content (AvgIpc) is 2.03. The van der Waals surface area contributed by atoms with Crippen LogP contribution in [0.4, 0.5) is 8.78 Å². The van der Waals surface area contributed by atoms with Crippen LogP contribution in [-0.4, -0.2) is 4.98 Å². The summed E-state index contributed by atoms with van der Waals surface area (Å²) in [6.45, 7) is 0. The van der Waals surface area contributed by atoms with E-state index in [1.165, 1.54) is 6.07 Å². The van der Waals surface area contributed by atoms with E-state index < -0.39 is 6.43 Å². The lowest BCUT2D eigenvalue weighted by Crippen LogP contribution is -1.97. The first-order valence-corrected chi connectivity index (χ1v) is 5.24. The summed E-state index contributed by atoms with van der Waals surface area (Å²) >= 11 is 12.9. The summed E-state index contributed by atoms with van der Waals surface area (Å²) in [5, 5.41) is 0.184. The normalized spacial score (nSPS) is 10.9. The molecule has 0 radical (unpaired) electrons. The van der Waals surface area contributed by atoms with Gasteiger partial charge in [0.2, 0.25) is 0 Å². The first-order valence-electron chi connectivity index (χ1n) is 3.25. The molecule has 0 N–H and O–H groups in total. The molecule has 13 heavy (non-hydrogen) atoms. The van der Waals surface area contributed by atoms with Gasteiger partial charge in [0.15, 0.2) is 0 Å². The lowest BCUT2D eigenvalue weighted by atomic mass is 10.2. The van der Waals surface area contributed by atoms with Crippen LogP contribution in [0, 0.1) is 3.70 Å². The molecule has 1 aromatic heterocycles. The summed E-state index contributed by atoms with van der Waals surface area (Å²) in [6.07, 6.45) is -2.54. The molecule has 0 saturated carbocycles. The molecule has 6 heteroatoms. The van der Waals surface area contributed by atoms with Crippen LogP contribution in [0.25, 0.3) is 0 Å². The fourth-order valence-electron chi connectivity index (χ4n) is 0.776. The zero-order valence-electron chi connectivity index (χ0n) is 6.20. The summed E-state index contributed by atoms with van der Waals surface area (Å²) in [5.41, 5.74) is 0.305. The molecule has 1 nitrogen and oxygen atoms in total. The van der Waals surface area contributed by atoms with Crippen LogP contribution in [0.3, 0.4) is 0 Å². The van der Waals surface area contributed by atoms with Crippen molar-refractivity contribution in [2.24, 2.45) is 0 Å². The van der Waals surface area contributed by atoms with Gasteiger partial charge in [-0.3, -0.25) is 0 Å². The van der Waals surface area contributed by atoms with E-state index in [0.717, 1.165) is 0 Å². The molecular formula is C7H4Cl2F2IN. The monoisotopic (exact) mass is 337 g/mol. The molecule has 0 atom stereocenters. The number of alkyl halides is 3. The molecule has 0 fully saturated rings. The second-order valence-electron chi connectivity index (χ2n) is 2.25. The van der Waals surface area contributed by atoms with E-state index in [1.54, 1.807) is 22.6 Å². The van der Waals surface area contributed by atoms with E-state index in [-0.39, 0.29) is 20.3 Å². The Hall–Kier alpha value is 0.320. The van der Waals surface area contributed by atoms with Crippen molar-refractivity contribution >= 4 is 45.8 Å². The first kappa shape index (κ1) is 11.4. The van der Waals surface area contributed by atoms with Crippen molar-refractivity contribution in [3.8, 4) is 0 Å². The second-order valence-corrected chi connectivity index (χ2v) is 3.90. The summed E-state index contributed by atoms with van der Waals surface area (Å²) in [6, 6.07) is 1.29. The van der Waals surface area contributed by atoms with Gasteiger partial charge in [-0.1, -0.05) is 11.6 Å². The van der Waals surface area contributed by atoms with Gasteiger partial charge in [0.25, 0.3) is 6.43 Å². The highest BCUT2D eigenvalue weighted by atomic mass is 127. The number of nitrogens with zero attached hydrogens (tertiary/aromatic N) is 1. The SMILES string of the molecule is FC(F)c1cc(CCl)c(Cl)nc1I. The van der Waals surface area contributed by atoms with E-state index in [2.05, 4.69) is 4.98 Å². The molecule has 0 aromatic carbocycles. The van der Waals surface area contributed by atoms with E-state index in [9.17, 15) is 8.78 Å². The van der Waals surface area contributed by atoms with Crippen molar-refractivity contribution in [2.45, 2.75) is 12.3 Å². The fourth-order valence-corrected chi connectivity index (χ4v) is 2.03. The fraction of sp³-hybridized carbons (Fsp3) is 0.286. The Balaban J connectivity index is 3.22. The Labute approximate surface area is 97.6 Å². The molecule has 1 rings (SSSR count). The quantitative estimate of drug-likeness (QED) is 0.451. The molecule has 0 aliphatic carbocycles. The minimum atomic E-state index is -2.54. The van der Waals surface area contributed by atoms with E-state index in [1.807, 2.05) is 0 Å². The van der Waals surface area contributed by atoms with E-state index in [4.69, 9.17) is 23.2 Å². The molecule has 0 unspecified atom stereocenters. The molecule has 0 saturated heterocycles. The molecule has 0 bridgehead atoms. The topological polar surface area (TPSA) is 12.9 Å². The summed E-state index contributed by atoms with van der Waals surface area (Å²) in [7, 11) is 0. The minimum Gasteiger partial charge on any atom is -0.229 e. The first-order chi connectivity index (χ1) is 6.06. The van der Waals surface area contributed by atoms with Crippen LogP contribution in [0.15, 0.2) is 6.07 Å². The Morgan fingerprint density at radius 1 is 1.54 bits per heavy atom. The molecule has 1 aromatic rings. The van der Waals surface area contributed by atoms with Crippen LogP contribution in [0.5, 0.6) is 0 Å². The lowest BCUT2D eigenvalue weighted by molar-refractivity contribution is 0.150. The van der Waals surface area contributed by atoms with Gasteiger partial charge in [-0.15, -0.1) is 11.6 Å².